The van der Waals surface area contributed by atoms with Gasteiger partial charge in [-0.25, -0.2) is 4.79 Å². The molecule has 26 heavy (non-hydrogen) atoms. The van der Waals surface area contributed by atoms with E-state index in [1.807, 2.05) is 48.5 Å². The summed E-state index contributed by atoms with van der Waals surface area (Å²) in [5, 5.41) is 0. The Hall–Kier alpha value is -2.95. The Bertz CT molecular complexity index is 777. The fourth-order valence-corrected chi connectivity index (χ4v) is 3.01. The monoisotopic (exact) mass is 352 g/mol. The van der Waals surface area contributed by atoms with Crippen LogP contribution in [0.25, 0.3) is 6.08 Å². The summed E-state index contributed by atoms with van der Waals surface area (Å²) in [5.41, 5.74) is 9.94. The van der Waals surface area contributed by atoms with E-state index >= 15 is 0 Å². The highest BCUT2D eigenvalue weighted by Gasteiger charge is 2.20. The number of benzene rings is 2. The summed E-state index contributed by atoms with van der Waals surface area (Å²) in [6.45, 7) is 1.65. The second-order valence-corrected chi connectivity index (χ2v) is 6.33. The van der Waals surface area contributed by atoms with E-state index in [4.69, 9.17) is 15.2 Å². The van der Waals surface area contributed by atoms with Gasteiger partial charge < -0.3 is 20.1 Å². The number of ether oxygens (including phenoxy) is 2. The minimum Gasteiger partial charge on any atom is -0.495 e. The second-order valence-electron chi connectivity index (χ2n) is 6.33. The van der Waals surface area contributed by atoms with Gasteiger partial charge in [-0.05, 0) is 36.1 Å². The Morgan fingerprint density at radius 3 is 2.54 bits per heavy atom. The van der Waals surface area contributed by atoms with Crippen LogP contribution in [0.1, 0.15) is 24.0 Å². The van der Waals surface area contributed by atoms with Crippen LogP contribution in [-0.4, -0.2) is 31.2 Å². The fraction of sp³-hybridized carbons (Fsp3) is 0.286. The molecule has 1 amide bonds. The smallest absolute Gasteiger partial charge is 0.410 e. The Labute approximate surface area is 154 Å². The quantitative estimate of drug-likeness (QED) is 0.842. The number of nitrogen functional groups attached to an aromatic ring is 1. The molecule has 5 nitrogen and oxygen atoms in total. The van der Waals surface area contributed by atoms with E-state index in [0.29, 0.717) is 31.1 Å². The maximum atomic E-state index is 12.2. The van der Waals surface area contributed by atoms with Crippen LogP contribution in [0.15, 0.2) is 54.1 Å². The first kappa shape index (κ1) is 17.9. The molecule has 1 heterocycles. The molecule has 0 aliphatic carbocycles. The van der Waals surface area contributed by atoms with Gasteiger partial charge in [-0.15, -0.1) is 0 Å². The average molecular weight is 352 g/mol. The number of methoxy groups -OCH3 is 1. The lowest BCUT2D eigenvalue weighted by Gasteiger charge is -2.27. The van der Waals surface area contributed by atoms with Crippen molar-refractivity contribution in [2.75, 3.05) is 25.9 Å². The normalized spacial score (nSPS) is 14.0. The largest absolute Gasteiger partial charge is 0.495 e. The van der Waals surface area contributed by atoms with Crippen LogP contribution >= 0.6 is 0 Å². The van der Waals surface area contributed by atoms with E-state index < -0.39 is 0 Å². The lowest BCUT2D eigenvalue weighted by atomic mass is 10.0. The Balaban J connectivity index is 1.52. The molecule has 5 heteroatoms. The predicted octanol–water partition coefficient (Wildman–Crippen LogP) is 4.09. The molecule has 3 rings (SSSR count). The van der Waals surface area contributed by atoms with Crippen LogP contribution in [0.2, 0.25) is 0 Å². The summed E-state index contributed by atoms with van der Waals surface area (Å²) in [4.78, 5) is 14.0. The topological polar surface area (TPSA) is 64.8 Å². The summed E-state index contributed by atoms with van der Waals surface area (Å²) < 4.78 is 10.6. The number of carbonyl (C=O) groups is 1. The van der Waals surface area contributed by atoms with E-state index in [-0.39, 0.29) is 6.09 Å². The highest BCUT2D eigenvalue weighted by atomic mass is 16.6. The average Bonchev–Trinajstić information content (AvgIpc) is 2.68. The van der Waals surface area contributed by atoms with Crippen molar-refractivity contribution in [1.29, 1.82) is 0 Å². The third-order valence-corrected chi connectivity index (χ3v) is 4.49. The summed E-state index contributed by atoms with van der Waals surface area (Å²) in [6, 6.07) is 15.5. The maximum absolute atomic E-state index is 12.2. The molecule has 2 aromatic carbocycles. The predicted molar refractivity (Wildman–Crippen MR) is 103 cm³/mol. The third-order valence-electron chi connectivity index (χ3n) is 4.49. The molecular formula is C21H24N2O3. The van der Waals surface area contributed by atoms with E-state index in [2.05, 4.69) is 6.08 Å². The molecule has 1 aliphatic heterocycles. The second kappa shape index (κ2) is 8.43. The van der Waals surface area contributed by atoms with Gasteiger partial charge in [-0.3, -0.25) is 0 Å². The molecule has 1 saturated heterocycles. The molecule has 1 aliphatic rings. The minimum absolute atomic E-state index is 0.249. The Kier molecular flexibility index (Phi) is 5.79. The molecule has 0 saturated carbocycles. The number of nitrogens with zero attached hydrogens (tertiary/aromatic N) is 1. The van der Waals surface area contributed by atoms with Crippen molar-refractivity contribution in [2.24, 2.45) is 0 Å². The number of anilines is 1. The van der Waals surface area contributed by atoms with Gasteiger partial charge in [0.25, 0.3) is 0 Å². The van der Waals surface area contributed by atoms with Crippen LogP contribution in [-0.2, 0) is 11.3 Å². The van der Waals surface area contributed by atoms with Crippen molar-refractivity contribution in [3.8, 4) is 5.75 Å². The molecular weight excluding hydrogens is 328 g/mol. The molecule has 0 radical (unpaired) electrons. The van der Waals surface area contributed by atoms with Gasteiger partial charge in [0.2, 0.25) is 0 Å². The standard InChI is InChI=1S/C21H24N2O3/c1-25-20-8-7-18(14-19(20)22)13-16-9-11-23(12-10-16)21(24)26-15-17-5-3-2-4-6-17/h2-8,13-14H,9-12,15,22H2,1H3. The van der Waals surface area contributed by atoms with Crippen LogP contribution in [0.5, 0.6) is 5.75 Å². The van der Waals surface area contributed by atoms with Gasteiger partial charge in [-0.1, -0.05) is 48.0 Å². The highest BCUT2D eigenvalue weighted by molar-refractivity contribution is 5.68. The molecule has 136 valence electrons. The van der Waals surface area contributed by atoms with Crippen LogP contribution in [0, 0.1) is 0 Å². The first-order chi connectivity index (χ1) is 12.7. The molecule has 2 aromatic rings. The first-order valence-corrected chi connectivity index (χ1v) is 8.74. The SMILES string of the molecule is COc1ccc(C=C2CCN(C(=O)OCc3ccccc3)CC2)cc1N. The maximum Gasteiger partial charge on any atom is 0.410 e. The number of likely N-dealkylation sites (tertiary alicyclic amines) is 1. The van der Waals surface area contributed by atoms with Crippen LogP contribution in [0.4, 0.5) is 10.5 Å². The number of hydrogen-bond donors (Lipinski definition) is 1. The van der Waals surface area contributed by atoms with Crippen LogP contribution < -0.4 is 10.5 Å². The molecule has 1 fully saturated rings. The summed E-state index contributed by atoms with van der Waals surface area (Å²) in [6.07, 6.45) is 3.57. The Morgan fingerprint density at radius 2 is 1.88 bits per heavy atom. The highest BCUT2D eigenvalue weighted by Crippen LogP contribution is 2.25. The zero-order valence-electron chi connectivity index (χ0n) is 15.0. The van der Waals surface area contributed by atoms with Gasteiger partial charge >= 0.3 is 6.09 Å². The van der Waals surface area contributed by atoms with E-state index in [9.17, 15) is 4.79 Å². The van der Waals surface area contributed by atoms with Gasteiger partial charge in [0.1, 0.15) is 12.4 Å². The molecule has 0 aromatic heterocycles. The summed E-state index contributed by atoms with van der Waals surface area (Å²) in [7, 11) is 1.61. The van der Waals surface area contributed by atoms with Crippen molar-refractivity contribution in [1.82, 2.24) is 4.90 Å². The van der Waals surface area contributed by atoms with Crippen molar-refractivity contribution in [3.05, 3.63) is 65.2 Å². The van der Waals surface area contributed by atoms with Gasteiger partial charge in [-0.2, -0.15) is 0 Å². The number of hydrogen-bond acceptors (Lipinski definition) is 4. The molecule has 0 unspecified atom stereocenters. The molecule has 2 N–H and O–H groups in total. The van der Waals surface area contributed by atoms with E-state index in [1.54, 1.807) is 12.0 Å². The van der Waals surface area contributed by atoms with Crippen molar-refractivity contribution in [3.63, 3.8) is 0 Å². The van der Waals surface area contributed by atoms with E-state index in [1.165, 1.54) is 5.57 Å². The van der Waals surface area contributed by atoms with Gasteiger partial charge in [0.05, 0.1) is 12.8 Å². The van der Waals surface area contributed by atoms with Gasteiger partial charge in [0, 0.05) is 13.1 Å². The number of nitrogens with two attached hydrogens (primary N) is 1. The lowest BCUT2D eigenvalue weighted by Crippen LogP contribution is -2.36. The number of amides is 1. The van der Waals surface area contributed by atoms with Crippen LogP contribution in [0.3, 0.4) is 0 Å². The lowest BCUT2D eigenvalue weighted by molar-refractivity contribution is 0.0936. The molecule has 0 spiro atoms. The molecule has 0 bridgehead atoms. The zero-order valence-corrected chi connectivity index (χ0v) is 15.0. The fourth-order valence-electron chi connectivity index (χ4n) is 3.01. The number of piperidine rings is 1. The van der Waals surface area contributed by atoms with E-state index in [0.717, 1.165) is 24.0 Å². The third kappa shape index (κ3) is 4.57. The van der Waals surface area contributed by atoms with Crippen molar-refractivity contribution < 1.29 is 14.3 Å². The Morgan fingerprint density at radius 1 is 1.15 bits per heavy atom. The zero-order chi connectivity index (χ0) is 18.4. The van der Waals surface area contributed by atoms with Crippen molar-refractivity contribution >= 4 is 17.9 Å². The first-order valence-electron chi connectivity index (χ1n) is 8.74. The number of rotatable bonds is 4. The summed E-state index contributed by atoms with van der Waals surface area (Å²) >= 11 is 0. The summed E-state index contributed by atoms with van der Waals surface area (Å²) in [5.74, 6) is 0.683. The van der Waals surface area contributed by atoms with Gasteiger partial charge in [0.15, 0.2) is 0 Å². The minimum atomic E-state index is -0.249. The molecule has 0 atom stereocenters. The van der Waals surface area contributed by atoms with Crippen molar-refractivity contribution in [2.45, 2.75) is 19.4 Å². The number of carbonyl (C=O) groups excluding carboxylic acids is 1.